The van der Waals surface area contributed by atoms with Gasteiger partial charge in [0.1, 0.15) is 19.0 Å². The van der Waals surface area contributed by atoms with Crippen molar-refractivity contribution < 1.29 is 33.5 Å². The molecule has 33 heavy (non-hydrogen) atoms. The topological polar surface area (TPSA) is 176 Å². The second kappa shape index (κ2) is 11.4. The first-order chi connectivity index (χ1) is 16.0. The van der Waals surface area contributed by atoms with Gasteiger partial charge in [0.2, 0.25) is 5.66 Å². The standard InChI is InChI=1S/C20H24N6O7/c27-16(28)20(12-15-6-7-24-33-15,26-19(30)32-13-14-4-2-1-3-5-14)25-18(29)31-11-10-23-17-21-8-9-22-17/h1-7H,8-13H2,(H,25,29)(H,26,30)(H,27,28)(H2,21,22,23). The summed E-state index contributed by atoms with van der Waals surface area (Å²) in [7, 11) is 0. The van der Waals surface area contributed by atoms with Gasteiger partial charge in [-0.1, -0.05) is 35.5 Å². The van der Waals surface area contributed by atoms with Crippen LogP contribution in [0.5, 0.6) is 0 Å². The molecule has 2 aromatic rings. The van der Waals surface area contributed by atoms with E-state index >= 15 is 0 Å². The Hall–Kier alpha value is -4.29. The predicted molar refractivity (Wildman–Crippen MR) is 113 cm³/mol. The lowest BCUT2D eigenvalue weighted by Gasteiger charge is -2.29. The molecule has 1 aliphatic heterocycles. The summed E-state index contributed by atoms with van der Waals surface area (Å²) in [5.41, 5.74) is -1.61. The van der Waals surface area contributed by atoms with Gasteiger partial charge in [-0.15, -0.1) is 0 Å². The van der Waals surface area contributed by atoms with Crippen LogP contribution in [-0.2, 0) is 27.3 Å². The van der Waals surface area contributed by atoms with Crippen LogP contribution in [0.3, 0.4) is 0 Å². The summed E-state index contributed by atoms with van der Waals surface area (Å²) in [6, 6.07) is 10.2. The average molecular weight is 460 g/mol. The number of carboxylic acids is 1. The zero-order chi connectivity index (χ0) is 23.5. The normalized spacial score (nSPS) is 14.2. The van der Waals surface area contributed by atoms with E-state index < -0.39 is 30.2 Å². The van der Waals surface area contributed by atoms with Gasteiger partial charge in [-0.05, 0) is 5.56 Å². The van der Waals surface area contributed by atoms with E-state index in [0.717, 1.165) is 6.54 Å². The molecule has 0 aliphatic carbocycles. The van der Waals surface area contributed by atoms with Crippen molar-refractivity contribution in [2.75, 3.05) is 26.2 Å². The third kappa shape index (κ3) is 7.12. The number of aromatic nitrogens is 1. The van der Waals surface area contributed by atoms with Crippen LogP contribution in [0.25, 0.3) is 0 Å². The first-order valence-electron chi connectivity index (χ1n) is 10.1. The fraction of sp³-hybridized carbons (Fsp3) is 0.350. The summed E-state index contributed by atoms with van der Waals surface area (Å²) in [5, 5.41) is 23.7. The van der Waals surface area contributed by atoms with E-state index in [9.17, 15) is 19.5 Å². The number of guanidine groups is 1. The largest absolute Gasteiger partial charge is 0.478 e. The van der Waals surface area contributed by atoms with Gasteiger partial charge in [-0.2, -0.15) is 0 Å². The Bertz CT molecular complexity index is 967. The Balaban J connectivity index is 1.61. The van der Waals surface area contributed by atoms with Gasteiger partial charge in [-0.25, -0.2) is 14.4 Å². The lowest BCUT2D eigenvalue weighted by Crippen LogP contribution is -2.67. The van der Waals surface area contributed by atoms with Crippen LogP contribution >= 0.6 is 0 Å². The number of ether oxygens (including phenoxy) is 2. The van der Waals surface area contributed by atoms with E-state index in [2.05, 4.69) is 31.4 Å². The maximum atomic E-state index is 12.4. The van der Waals surface area contributed by atoms with Crippen LogP contribution in [0.1, 0.15) is 11.3 Å². The van der Waals surface area contributed by atoms with E-state index in [-0.39, 0.29) is 25.5 Å². The molecule has 2 amide bonds. The molecule has 1 aromatic heterocycles. The smallest absolute Gasteiger partial charge is 0.409 e. The van der Waals surface area contributed by atoms with Crippen molar-refractivity contribution in [3.63, 3.8) is 0 Å². The number of alkyl carbamates (subject to hydrolysis) is 2. The Kier molecular flexibility index (Phi) is 8.05. The quantitative estimate of drug-likeness (QED) is 0.243. The number of aliphatic carboxylic acids is 1. The van der Waals surface area contributed by atoms with Crippen molar-refractivity contribution in [1.29, 1.82) is 0 Å². The number of carbonyl (C=O) groups is 3. The molecule has 13 nitrogen and oxygen atoms in total. The fourth-order valence-corrected chi connectivity index (χ4v) is 2.87. The number of hydrogen-bond acceptors (Lipinski definition) is 10. The van der Waals surface area contributed by atoms with Gasteiger partial charge in [-0.3, -0.25) is 15.6 Å². The lowest BCUT2D eigenvalue weighted by atomic mass is 10.0. The molecule has 13 heteroatoms. The van der Waals surface area contributed by atoms with Gasteiger partial charge in [0, 0.05) is 12.6 Å². The minimum Gasteiger partial charge on any atom is -0.478 e. The van der Waals surface area contributed by atoms with Crippen LogP contribution in [0.4, 0.5) is 9.59 Å². The van der Waals surface area contributed by atoms with E-state index in [1.165, 1.54) is 12.3 Å². The summed E-state index contributed by atoms with van der Waals surface area (Å²) < 4.78 is 15.1. The van der Waals surface area contributed by atoms with Crippen LogP contribution in [0, 0.1) is 0 Å². The molecule has 0 bridgehead atoms. The van der Waals surface area contributed by atoms with Gasteiger partial charge in [0.15, 0.2) is 5.96 Å². The molecule has 0 spiro atoms. The van der Waals surface area contributed by atoms with E-state index in [1.54, 1.807) is 30.3 Å². The van der Waals surface area contributed by atoms with Crippen molar-refractivity contribution >= 4 is 24.1 Å². The third-order valence-electron chi connectivity index (χ3n) is 4.44. The fourth-order valence-electron chi connectivity index (χ4n) is 2.87. The number of hydrogen-bond donors (Lipinski definition) is 5. The van der Waals surface area contributed by atoms with E-state index in [0.29, 0.717) is 18.1 Å². The molecule has 1 aliphatic rings. The minimum atomic E-state index is -2.31. The van der Waals surface area contributed by atoms with Crippen molar-refractivity contribution in [2.24, 2.45) is 4.99 Å². The highest BCUT2D eigenvalue weighted by Gasteiger charge is 2.44. The summed E-state index contributed by atoms with van der Waals surface area (Å²) in [5.74, 6) is -0.866. The predicted octanol–water partition coefficient (Wildman–Crippen LogP) is 0.199. The molecule has 0 saturated heterocycles. The Morgan fingerprint density at radius 1 is 1.12 bits per heavy atom. The zero-order valence-corrected chi connectivity index (χ0v) is 17.6. The maximum Gasteiger partial charge on any atom is 0.409 e. The molecule has 1 unspecified atom stereocenters. The Labute approximate surface area is 188 Å². The van der Waals surface area contributed by atoms with Crippen molar-refractivity contribution in [1.82, 2.24) is 26.4 Å². The van der Waals surface area contributed by atoms with Gasteiger partial charge in [0.05, 0.1) is 25.7 Å². The molecular formula is C20H24N6O7. The Morgan fingerprint density at radius 3 is 2.52 bits per heavy atom. The number of rotatable bonds is 10. The number of carbonyl (C=O) groups excluding carboxylic acids is 2. The summed E-state index contributed by atoms with van der Waals surface area (Å²) >= 11 is 0. The average Bonchev–Trinajstić information content (AvgIpc) is 3.50. The number of nitrogens with zero attached hydrogens (tertiary/aromatic N) is 2. The van der Waals surface area contributed by atoms with Crippen molar-refractivity contribution in [3.8, 4) is 0 Å². The number of aliphatic imine (C=N–C) groups is 1. The second-order valence-electron chi connectivity index (χ2n) is 6.90. The number of benzene rings is 1. The minimum absolute atomic E-state index is 0.0804. The molecule has 0 fully saturated rings. The van der Waals surface area contributed by atoms with Crippen molar-refractivity contribution in [2.45, 2.75) is 18.7 Å². The number of amides is 2. The molecular weight excluding hydrogens is 436 g/mol. The third-order valence-corrected chi connectivity index (χ3v) is 4.44. The molecule has 5 N–H and O–H groups in total. The zero-order valence-electron chi connectivity index (χ0n) is 17.6. The summed E-state index contributed by atoms with van der Waals surface area (Å²) in [6.07, 6.45) is -1.27. The molecule has 2 heterocycles. The van der Waals surface area contributed by atoms with E-state index in [4.69, 9.17) is 14.0 Å². The van der Waals surface area contributed by atoms with Crippen molar-refractivity contribution in [3.05, 3.63) is 53.9 Å². The molecule has 0 radical (unpaired) electrons. The number of carboxylic acid groups (broad SMARTS) is 1. The van der Waals surface area contributed by atoms with Crippen LogP contribution in [0.15, 0.2) is 52.1 Å². The molecule has 1 aromatic carbocycles. The SMILES string of the molecule is O=C(NC(Cc1ccno1)(NC(=O)OCc1ccccc1)C(=O)O)OCCNC1=NCCN1. The lowest BCUT2D eigenvalue weighted by molar-refractivity contribution is -0.146. The first kappa shape index (κ1) is 23.4. The summed E-state index contributed by atoms with van der Waals surface area (Å²) in [6.45, 7) is 1.44. The first-order valence-corrected chi connectivity index (χ1v) is 10.1. The molecule has 176 valence electrons. The highest BCUT2D eigenvalue weighted by Crippen LogP contribution is 2.13. The second-order valence-corrected chi connectivity index (χ2v) is 6.90. The number of nitrogens with one attached hydrogen (secondary N) is 4. The monoisotopic (exact) mass is 460 g/mol. The molecule has 0 saturated carbocycles. The highest BCUT2D eigenvalue weighted by atomic mass is 16.6. The van der Waals surface area contributed by atoms with Crippen LogP contribution in [-0.4, -0.2) is 66.3 Å². The van der Waals surface area contributed by atoms with E-state index in [1.807, 2.05) is 0 Å². The van der Waals surface area contributed by atoms with Gasteiger partial charge >= 0.3 is 18.2 Å². The van der Waals surface area contributed by atoms with Crippen LogP contribution in [0.2, 0.25) is 0 Å². The highest BCUT2D eigenvalue weighted by molar-refractivity contribution is 5.88. The molecule has 3 rings (SSSR count). The molecule has 1 atom stereocenters. The van der Waals surface area contributed by atoms with Gasteiger partial charge in [0.25, 0.3) is 0 Å². The summed E-state index contributed by atoms with van der Waals surface area (Å²) in [4.78, 5) is 41.0. The van der Waals surface area contributed by atoms with Crippen LogP contribution < -0.4 is 21.3 Å². The van der Waals surface area contributed by atoms with Gasteiger partial charge < -0.3 is 29.7 Å². The maximum absolute atomic E-state index is 12.4. The Morgan fingerprint density at radius 2 is 1.88 bits per heavy atom.